The molecule has 122 valence electrons. The van der Waals surface area contributed by atoms with Gasteiger partial charge in [0.25, 0.3) is 5.91 Å². The van der Waals surface area contributed by atoms with Crippen LogP contribution in [0.2, 0.25) is 0 Å². The van der Waals surface area contributed by atoms with Crippen molar-refractivity contribution < 1.29 is 9.32 Å². The van der Waals surface area contributed by atoms with Crippen molar-refractivity contribution in [1.82, 2.24) is 10.1 Å². The lowest BCUT2D eigenvalue weighted by Gasteiger charge is -2.09. The average molecular weight is 322 g/mol. The van der Waals surface area contributed by atoms with Crippen molar-refractivity contribution in [2.45, 2.75) is 20.8 Å². The van der Waals surface area contributed by atoms with Gasteiger partial charge in [-0.15, -0.1) is 0 Å². The first kappa shape index (κ1) is 15.7. The van der Waals surface area contributed by atoms with E-state index in [0.717, 1.165) is 11.4 Å². The molecule has 2 aromatic heterocycles. The molecule has 1 amide bonds. The van der Waals surface area contributed by atoms with Gasteiger partial charge < -0.3 is 15.2 Å². The first-order valence-corrected chi connectivity index (χ1v) is 7.56. The van der Waals surface area contributed by atoms with Crippen LogP contribution in [0.1, 0.15) is 27.4 Å². The molecule has 6 heteroatoms. The summed E-state index contributed by atoms with van der Waals surface area (Å²) in [5, 5.41) is 9.63. The molecular formula is C18H18N4O2. The zero-order valence-corrected chi connectivity index (χ0v) is 13.8. The van der Waals surface area contributed by atoms with Crippen LogP contribution in [0.5, 0.6) is 0 Å². The second-order valence-electron chi connectivity index (χ2n) is 5.63. The lowest BCUT2D eigenvalue weighted by atomic mass is 10.1. The summed E-state index contributed by atoms with van der Waals surface area (Å²) in [5.41, 5.74) is 4.56. The molecule has 3 aromatic rings. The van der Waals surface area contributed by atoms with Crippen LogP contribution in [-0.2, 0) is 0 Å². The number of anilines is 3. The molecule has 2 N–H and O–H groups in total. The number of aromatic nitrogens is 2. The molecule has 0 fully saturated rings. The molecule has 0 unspecified atom stereocenters. The van der Waals surface area contributed by atoms with Gasteiger partial charge in [-0.2, -0.15) is 0 Å². The van der Waals surface area contributed by atoms with E-state index in [0.29, 0.717) is 17.3 Å². The van der Waals surface area contributed by atoms with Crippen molar-refractivity contribution in [3.05, 3.63) is 65.2 Å². The van der Waals surface area contributed by atoms with E-state index in [4.69, 9.17) is 4.52 Å². The summed E-state index contributed by atoms with van der Waals surface area (Å²) in [5.74, 6) is 0.670. The normalized spacial score (nSPS) is 10.5. The van der Waals surface area contributed by atoms with Crippen LogP contribution in [0, 0.1) is 20.8 Å². The second kappa shape index (κ2) is 6.54. The second-order valence-corrected chi connectivity index (χ2v) is 5.63. The van der Waals surface area contributed by atoms with E-state index in [-0.39, 0.29) is 5.91 Å². The number of carbonyl (C=O) groups excluding carboxylic acids is 1. The molecule has 0 spiro atoms. The number of amides is 1. The fraction of sp³-hybridized carbons (Fsp3) is 0.167. The quantitative estimate of drug-likeness (QED) is 0.759. The van der Waals surface area contributed by atoms with Gasteiger partial charge in [0, 0.05) is 11.8 Å². The standard InChI is InChI=1S/C18H18N4O2/c1-11-4-5-14(8-12(11)2)20-15-6-7-16(19-10-15)18(23)21-17-9-13(3)24-22-17/h4-10,20H,1-3H3,(H,21,22,23). The minimum Gasteiger partial charge on any atom is -0.360 e. The van der Waals surface area contributed by atoms with E-state index in [1.165, 1.54) is 11.1 Å². The highest BCUT2D eigenvalue weighted by Gasteiger charge is 2.10. The Kier molecular flexibility index (Phi) is 4.29. The van der Waals surface area contributed by atoms with E-state index in [2.05, 4.69) is 46.8 Å². The van der Waals surface area contributed by atoms with Crippen LogP contribution >= 0.6 is 0 Å². The Morgan fingerprint density at radius 1 is 1.00 bits per heavy atom. The maximum absolute atomic E-state index is 12.1. The minimum absolute atomic E-state index is 0.307. The van der Waals surface area contributed by atoms with Gasteiger partial charge in [-0.25, -0.2) is 4.98 Å². The summed E-state index contributed by atoms with van der Waals surface area (Å²) in [6.45, 7) is 5.90. The molecule has 3 rings (SSSR count). The Hall–Kier alpha value is -3.15. The molecule has 0 aliphatic carbocycles. The molecule has 0 atom stereocenters. The van der Waals surface area contributed by atoms with Crippen molar-refractivity contribution in [2.75, 3.05) is 10.6 Å². The predicted molar refractivity (Wildman–Crippen MR) is 92.6 cm³/mol. The molecular weight excluding hydrogens is 304 g/mol. The smallest absolute Gasteiger partial charge is 0.275 e. The third kappa shape index (κ3) is 3.60. The lowest BCUT2D eigenvalue weighted by Crippen LogP contribution is -2.13. The number of benzene rings is 1. The van der Waals surface area contributed by atoms with Crippen LogP contribution in [0.15, 0.2) is 47.1 Å². The van der Waals surface area contributed by atoms with Crippen LogP contribution in [-0.4, -0.2) is 16.0 Å². The summed E-state index contributed by atoms with van der Waals surface area (Å²) in [6.07, 6.45) is 1.62. The van der Waals surface area contributed by atoms with Gasteiger partial charge in [-0.05, 0) is 56.2 Å². The van der Waals surface area contributed by atoms with E-state index >= 15 is 0 Å². The van der Waals surface area contributed by atoms with Gasteiger partial charge in [0.2, 0.25) is 0 Å². The highest BCUT2D eigenvalue weighted by atomic mass is 16.5. The summed E-state index contributed by atoms with van der Waals surface area (Å²) in [6, 6.07) is 11.3. The zero-order chi connectivity index (χ0) is 17.1. The molecule has 0 saturated heterocycles. The molecule has 6 nitrogen and oxygen atoms in total. The van der Waals surface area contributed by atoms with E-state index in [1.807, 2.05) is 12.1 Å². The molecule has 2 heterocycles. The number of carbonyl (C=O) groups is 1. The third-order valence-corrected chi connectivity index (χ3v) is 3.66. The van der Waals surface area contributed by atoms with E-state index < -0.39 is 0 Å². The Bertz CT molecular complexity index is 869. The highest BCUT2D eigenvalue weighted by molar-refractivity contribution is 6.02. The first-order chi connectivity index (χ1) is 11.5. The Morgan fingerprint density at radius 3 is 2.42 bits per heavy atom. The van der Waals surface area contributed by atoms with Gasteiger partial charge >= 0.3 is 0 Å². The Morgan fingerprint density at radius 2 is 1.79 bits per heavy atom. The number of hydrogen-bond donors (Lipinski definition) is 2. The summed E-state index contributed by atoms with van der Waals surface area (Å²) in [7, 11) is 0. The molecule has 0 saturated carbocycles. The number of rotatable bonds is 4. The molecule has 0 aliphatic heterocycles. The van der Waals surface area contributed by atoms with Gasteiger partial charge in [0.15, 0.2) is 5.82 Å². The number of pyridine rings is 1. The maximum Gasteiger partial charge on any atom is 0.275 e. The molecule has 0 bridgehead atoms. The van der Waals surface area contributed by atoms with Gasteiger partial charge in [-0.3, -0.25) is 4.79 Å². The third-order valence-electron chi connectivity index (χ3n) is 3.66. The van der Waals surface area contributed by atoms with Gasteiger partial charge in [0.05, 0.1) is 11.9 Å². The maximum atomic E-state index is 12.1. The van der Waals surface area contributed by atoms with Crippen LogP contribution in [0.25, 0.3) is 0 Å². The number of nitrogens with one attached hydrogen (secondary N) is 2. The van der Waals surface area contributed by atoms with Gasteiger partial charge in [-0.1, -0.05) is 11.2 Å². The topological polar surface area (TPSA) is 80.0 Å². The minimum atomic E-state index is -0.332. The van der Waals surface area contributed by atoms with E-state index in [9.17, 15) is 4.79 Å². The summed E-state index contributed by atoms with van der Waals surface area (Å²) < 4.78 is 4.91. The number of hydrogen-bond acceptors (Lipinski definition) is 5. The number of aryl methyl sites for hydroxylation is 3. The molecule has 24 heavy (non-hydrogen) atoms. The monoisotopic (exact) mass is 322 g/mol. The predicted octanol–water partition coefficient (Wildman–Crippen LogP) is 3.99. The highest BCUT2D eigenvalue weighted by Crippen LogP contribution is 2.19. The molecule has 0 radical (unpaired) electrons. The van der Waals surface area contributed by atoms with Crippen molar-refractivity contribution >= 4 is 23.1 Å². The SMILES string of the molecule is Cc1cc(NC(=O)c2ccc(Nc3ccc(C)c(C)c3)cn2)no1. The van der Waals surface area contributed by atoms with Crippen molar-refractivity contribution in [3.63, 3.8) is 0 Å². The van der Waals surface area contributed by atoms with Crippen molar-refractivity contribution in [1.29, 1.82) is 0 Å². The first-order valence-electron chi connectivity index (χ1n) is 7.56. The fourth-order valence-electron chi connectivity index (χ4n) is 2.19. The van der Waals surface area contributed by atoms with Crippen LogP contribution < -0.4 is 10.6 Å². The molecule has 1 aromatic carbocycles. The van der Waals surface area contributed by atoms with Crippen molar-refractivity contribution in [3.8, 4) is 0 Å². The largest absolute Gasteiger partial charge is 0.360 e. The molecule has 0 aliphatic rings. The van der Waals surface area contributed by atoms with E-state index in [1.54, 1.807) is 25.3 Å². The van der Waals surface area contributed by atoms with Crippen LogP contribution in [0.3, 0.4) is 0 Å². The van der Waals surface area contributed by atoms with Crippen molar-refractivity contribution in [2.24, 2.45) is 0 Å². The summed E-state index contributed by atoms with van der Waals surface area (Å²) >= 11 is 0. The van der Waals surface area contributed by atoms with Gasteiger partial charge in [0.1, 0.15) is 11.5 Å². The zero-order valence-electron chi connectivity index (χ0n) is 13.8. The van der Waals surface area contributed by atoms with Crippen LogP contribution in [0.4, 0.5) is 17.2 Å². The number of nitrogens with zero attached hydrogens (tertiary/aromatic N) is 2. The average Bonchev–Trinajstić information content (AvgIpc) is 2.96. The Labute approximate surface area is 139 Å². The lowest BCUT2D eigenvalue weighted by molar-refractivity contribution is 0.102. The summed E-state index contributed by atoms with van der Waals surface area (Å²) in [4.78, 5) is 16.3. The fourth-order valence-corrected chi connectivity index (χ4v) is 2.19. The Balaban J connectivity index is 1.68.